The fraction of sp³-hybridized carbons (Fsp3) is 0.222. The molecule has 0 saturated carbocycles. The maximum absolute atomic E-state index is 12.4. The van der Waals surface area contributed by atoms with Crippen LogP contribution in [0.15, 0.2) is 36.4 Å². The molecule has 0 aliphatic heterocycles. The van der Waals surface area contributed by atoms with Crippen LogP contribution in [0.25, 0.3) is 0 Å². The van der Waals surface area contributed by atoms with E-state index in [4.69, 9.17) is 45.9 Å². The number of amides is 1. The van der Waals surface area contributed by atoms with Crippen LogP contribution < -0.4 is 21.1 Å². The van der Waals surface area contributed by atoms with Crippen LogP contribution in [0.3, 0.4) is 0 Å². The second-order valence-electron chi connectivity index (χ2n) is 5.50. The number of carbonyl (C=O) groups is 1. The number of hydrogen-bond donors (Lipinski definition) is 3. The Labute approximate surface area is 180 Å². The van der Waals surface area contributed by atoms with Crippen molar-refractivity contribution < 1.29 is 9.53 Å². The Morgan fingerprint density at radius 1 is 1.19 bits per heavy atom. The zero-order valence-electron chi connectivity index (χ0n) is 14.6. The predicted octanol–water partition coefficient (Wildman–Crippen LogP) is 5.30. The number of ether oxygens (including phenoxy) is 1. The van der Waals surface area contributed by atoms with E-state index in [0.717, 1.165) is 12.8 Å². The van der Waals surface area contributed by atoms with Crippen molar-refractivity contribution >= 4 is 70.2 Å². The lowest BCUT2D eigenvalue weighted by molar-refractivity contribution is 0.0977. The second-order valence-corrected chi connectivity index (χ2v) is 6.72. The molecule has 0 fully saturated rings. The first-order valence-corrected chi connectivity index (χ1v) is 9.17. The summed E-state index contributed by atoms with van der Waals surface area (Å²) < 4.78 is 5.57. The summed E-state index contributed by atoms with van der Waals surface area (Å²) >= 11 is 17.5. The summed E-state index contributed by atoms with van der Waals surface area (Å²) in [4.78, 5) is 12.4. The van der Waals surface area contributed by atoms with Gasteiger partial charge >= 0.3 is 0 Å². The van der Waals surface area contributed by atoms with Crippen molar-refractivity contribution in [1.29, 1.82) is 0 Å². The molecule has 27 heavy (non-hydrogen) atoms. The molecule has 0 aliphatic carbocycles. The average molecular weight is 449 g/mol. The van der Waals surface area contributed by atoms with E-state index in [-0.39, 0.29) is 33.1 Å². The van der Waals surface area contributed by atoms with E-state index in [2.05, 4.69) is 17.6 Å². The maximum Gasteiger partial charge on any atom is 0.257 e. The number of hydrogen-bond acceptors (Lipinski definition) is 4. The van der Waals surface area contributed by atoms with Gasteiger partial charge in [-0.3, -0.25) is 10.1 Å². The minimum Gasteiger partial charge on any atom is -0.490 e. The third kappa shape index (κ3) is 7.07. The zero-order valence-corrected chi connectivity index (χ0v) is 17.7. The molecule has 0 radical (unpaired) electrons. The van der Waals surface area contributed by atoms with Crippen molar-refractivity contribution in [3.63, 3.8) is 0 Å². The molecular formula is C18H20Cl3N3O2S. The molecule has 0 saturated heterocycles. The van der Waals surface area contributed by atoms with Gasteiger partial charge in [-0.05, 0) is 55.0 Å². The van der Waals surface area contributed by atoms with Crippen molar-refractivity contribution in [1.82, 2.24) is 5.32 Å². The Bertz CT molecular complexity index is 778. The van der Waals surface area contributed by atoms with Crippen molar-refractivity contribution in [3.05, 3.63) is 52.0 Å². The number of thiocarbonyl (C=S) groups is 1. The minimum atomic E-state index is -0.429. The highest BCUT2D eigenvalue weighted by molar-refractivity contribution is 7.80. The van der Waals surface area contributed by atoms with Crippen LogP contribution >= 0.6 is 47.8 Å². The van der Waals surface area contributed by atoms with E-state index in [1.807, 2.05) is 0 Å². The minimum absolute atomic E-state index is 0. The Morgan fingerprint density at radius 3 is 2.33 bits per heavy atom. The number of unbranched alkanes of at least 4 members (excludes halogenated alkanes) is 1. The summed E-state index contributed by atoms with van der Waals surface area (Å²) in [6.45, 7) is 2.57. The molecule has 0 atom stereocenters. The van der Waals surface area contributed by atoms with Gasteiger partial charge in [0, 0.05) is 16.9 Å². The highest BCUT2D eigenvalue weighted by Crippen LogP contribution is 2.34. The van der Waals surface area contributed by atoms with Crippen LogP contribution in [-0.2, 0) is 0 Å². The number of anilines is 2. The largest absolute Gasteiger partial charge is 0.490 e. The van der Waals surface area contributed by atoms with Gasteiger partial charge in [0.05, 0.1) is 16.7 Å². The van der Waals surface area contributed by atoms with E-state index < -0.39 is 5.91 Å². The molecule has 5 nitrogen and oxygen atoms in total. The molecule has 0 aromatic heterocycles. The Kier molecular flexibility index (Phi) is 9.66. The summed E-state index contributed by atoms with van der Waals surface area (Å²) in [7, 11) is 0. The number of halogens is 3. The number of nitrogens with one attached hydrogen (secondary N) is 2. The van der Waals surface area contributed by atoms with Crippen LogP contribution in [0.4, 0.5) is 11.4 Å². The molecule has 146 valence electrons. The number of nitrogen functional groups attached to an aromatic ring is 1. The van der Waals surface area contributed by atoms with E-state index in [0.29, 0.717) is 23.7 Å². The number of carbonyl (C=O) groups excluding carboxylic acids is 1. The zero-order chi connectivity index (χ0) is 19.1. The summed E-state index contributed by atoms with van der Waals surface area (Å²) in [6, 6.07) is 9.95. The third-order valence-corrected chi connectivity index (χ3v) is 4.17. The lowest BCUT2D eigenvalue weighted by atomic mass is 10.2. The lowest BCUT2D eigenvalue weighted by Crippen LogP contribution is -2.34. The van der Waals surface area contributed by atoms with Gasteiger partial charge in [0.15, 0.2) is 10.9 Å². The van der Waals surface area contributed by atoms with Crippen molar-refractivity contribution in [3.8, 4) is 5.75 Å². The van der Waals surface area contributed by atoms with Crippen molar-refractivity contribution in [2.75, 3.05) is 17.7 Å². The maximum atomic E-state index is 12.4. The van der Waals surface area contributed by atoms with Crippen LogP contribution in [0, 0.1) is 0 Å². The van der Waals surface area contributed by atoms with Crippen LogP contribution in [0.1, 0.15) is 30.1 Å². The topological polar surface area (TPSA) is 76.4 Å². The molecular weight excluding hydrogens is 429 g/mol. The highest BCUT2D eigenvalue weighted by Gasteiger charge is 2.15. The lowest BCUT2D eigenvalue weighted by Gasteiger charge is -2.13. The van der Waals surface area contributed by atoms with Gasteiger partial charge in [0.25, 0.3) is 5.91 Å². The average Bonchev–Trinajstić information content (AvgIpc) is 2.59. The molecule has 0 bridgehead atoms. The molecule has 0 heterocycles. The third-order valence-electron chi connectivity index (χ3n) is 3.40. The summed E-state index contributed by atoms with van der Waals surface area (Å²) in [5.41, 5.74) is 7.25. The molecule has 1 amide bonds. The molecule has 9 heteroatoms. The highest BCUT2D eigenvalue weighted by atomic mass is 35.5. The van der Waals surface area contributed by atoms with E-state index in [1.54, 1.807) is 24.3 Å². The standard InChI is InChI=1S/C18H19Cl2N3O2S.ClH/c1-2-3-8-25-16-14(19)9-11(10-15(16)20)17(24)23-18(26)22-13-6-4-12(21)5-7-13;/h4-7,9-10H,2-3,8,21H2,1H3,(H2,22,23,24,26);1H. The van der Waals surface area contributed by atoms with Crippen molar-refractivity contribution in [2.24, 2.45) is 0 Å². The molecule has 4 N–H and O–H groups in total. The molecule has 2 rings (SSSR count). The quantitative estimate of drug-likeness (QED) is 0.317. The van der Waals surface area contributed by atoms with E-state index in [9.17, 15) is 4.79 Å². The Balaban J connectivity index is 0.00000364. The van der Waals surface area contributed by atoms with E-state index >= 15 is 0 Å². The molecule has 2 aromatic carbocycles. The number of benzene rings is 2. The second kappa shape index (κ2) is 11.2. The van der Waals surface area contributed by atoms with Gasteiger partial charge in [-0.1, -0.05) is 36.5 Å². The summed E-state index contributed by atoms with van der Waals surface area (Å²) in [5, 5.41) is 6.17. The molecule has 0 aliphatic rings. The van der Waals surface area contributed by atoms with Gasteiger partial charge in [0.1, 0.15) is 0 Å². The van der Waals surface area contributed by atoms with E-state index in [1.165, 1.54) is 12.1 Å². The van der Waals surface area contributed by atoms with Crippen LogP contribution in [-0.4, -0.2) is 17.6 Å². The first kappa shape index (κ1) is 23.3. The SMILES string of the molecule is CCCCOc1c(Cl)cc(C(=O)NC(=S)Nc2ccc(N)cc2)cc1Cl.Cl. The molecule has 2 aromatic rings. The number of nitrogens with two attached hydrogens (primary N) is 1. The first-order chi connectivity index (χ1) is 12.4. The summed E-state index contributed by atoms with van der Waals surface area (Å²) in [5.74, 6) is -0.0530. The van der Waals surface area contributed by atoms with Gasteiger partial charge < -0.3 is 15.8 Å². The predicted molar refractivity (Wildman–Crippen MR) is 119 cm³/mol. The monoisotopic (exact) mass is 447 g/mol. The summed E-state index contributed by atoms with van der Waals surface area (Å²) in [6.07, 6.45) is 1.88. The Hall–Kier alpha value is -1.73. The fourth-order valence-electron chi connectivity index (χ4n) is 2.05. The van der Waals surface area contributed by atoms with Crippen molar-refractivity contribution in [2.45, 2.75) is 19.8 Å². The smallest absolute Gasteiger partial charge is 0.257 e. The number of rotatable bonds is 6. The van der Waals surface area contributed by atoms with Gasteiger partial charge in [-0.25, -0.2) is 0 Å². The van der Waals surface area contributed by atoms with Crippen LogP contribution in [0.5, 0.6) is 5.75 Å². The van der Waals surface area contributed by atoms with Gasteiger partial charge in [0.2, 0.25) is 0 Å². The van der Waals surface area contributed by atoms with Crippen LogP contribution in [0.2, 0.25) is 10.0 Å². The van der Waals surface area contributed by atoms with Gasteiger partial charge in [-0.2, -0.15) is 0 Å². The normalized spacial score (nSPS) is 9.89. The Morgan fingerprint density at radius 2 is 1.78 bits per heavy atom. The first-order valence-electron chi connectivity index (χ1n) is 8.00. The van der Waals surface area contributed by atoms with Gasteiger partial charge in [-0.15, -0.1) is 12.4 Å². The molecule has 0 spiro atoms. The fourth-order valence-corrected chi connectivity index (χ4v) is 2.86. The molecule has 0 unspecified atom stereocenters.